The Labute approximate surface area is 130 Å². The lowest BCUT2D eigenvalue weighted by Crippen LogP contribution is -2.32. The zero-order valence-electron chi connectivity index (χ0n) is 12.7. The summed E-state index contributed by atoms with van der Waals surface area (Å²) in [6.07, 6.45) is 1.70. The van der Waals surface area contributed by atoms with E-state index in [1.165, 1.54) is 0 Å². The van der Waals surface area contributed by atoms with Gasteiger partial charge in [0.15, 0.2) is 0 Å². The van der Waals surface area contributed by atoms with E-state index in [4.69, 9.17) is 4.74 Å². The van der Waals surface area contributed by atoms with Crippen LogP contribution in [0.4, 0.5) is 0 Å². The number of carbonyl (C=O) groups is 1. The van der Waals surface area contributed by atoms with E-state index in [0.29, 0.717) is 18.7 Å². The number of nitrogens with one attached hydrogen (secondary N) is 1. The molecule has 1 heterocycles. The van der Waals surface area contributed by atoms with Crippen molar-refractivity contribution in [1.82, 2.24) is 10.3 Å². The first kappa shape index (κ1) is 15.7. The van der Waals surface area contributed by atoms with E-state index in [-0.39, 0.29) is 11.9 Å². The molecule has 1 aromatic heterocycles. The average molecular weight is 297 g/mol. The second-order valence-electron chi connectivity index (χ2n) is 4.70. The van der Waals surface area contributed by atoms with Crippen molar-refractivity contribution in [3.63, 3.8) is 0 Å². The quantitative estimate of drug-likeness (QED) is 0.697. The molecule has 22 heavy (non-hydrogen) atoms. The molecule has 0 aliphatic rings. The highest BCUT2D eigenvalue weighted by Gasteiger charge is 2.09. The van der Waals surface area contributed by atoms with Gasteiger partial charge in [-0.25, -0.2) is 4.99 Å². The Hall–Kier alpha value is -2.69. The number of aliphatic imine (C=N–C) groups is 1. The lowest BCUT2D eigenvalue weighted by Gasteiger charge is -2.09. The zero-order valence-corrected chi connectivity index (χ0v) is 12.7. The van der Waals surface area contributed by atoms with E-state index in [0.717, 1.165) is 11.3 Å². The Morgan fingerprint density at radius 1 is 1.23 bits per heavy atom. The van der Waals surface area contributed by atoms with Crippen molar-refractivity contribution in [1.29, 1.82) is 0 Å². The van der Waals surface area contributed by atoms with Gasteiger partial charge in [-0.2, -0.15) is 0 Å². The van der Waals surface area contributed by atoms with Gasteiger partial charge in [0.2, 0.25) is 0 Å². The minimum atomic E-state index is -0.242. The van der Waals surface area contributed by atoms with Gasteiger partial charge >= 0.3 is 0 Å². The molecule has 1 aromatic carbocycles. The first-order valence-electron chi connectivity index (χ1n) is 7.14. The molecule has 0 unspecified atom stereocenters. The number of aryl methyl sites for hydroxylation is 1. The summed E-state index contributed by atoms with van der Waals surface area (Å²) in [4.78, 5) is 20.6. The molecule has 114 valence electrons. The first-order valence-corrected chi connectivity index (χ1v) is 7.14. The van der Waals surface area contributed by atoms with Crippen LogP contribution in [0.2, 0.25) is 0 Å². The maximum Gasteiger partial charge on any atom is 0.292 e. The third-order valence-electron chi connectivity index (χ3n) is 2.93. The highest BCUT2D eigenvalue weighted by Crippen LogP contribution is 2.03. The van der Waals surface area contributed by atoms with Crippen LogP contribution in [-0.2, 0) is 11.3 Å². The topological polar surface area (TPSA) is 63.6 Å². The number of nitrogens with zero attached hydrogens (tertiary/aromatic N) is 2. The van der Waals surface area contributed by atoms with Crippen LogP contribution in [0, 0.1) is 6.92 Å². The smallest absolute Gasteiger partial charge is 0.292 e. The predicted octanol–water partition coefficient (Wildman–Crippen LogP) is 2.71. The summed E-state index contributed by atoms with van der Waals surface area (Å²) in [5.41, 5.74) is 2.48. The second-order valence-corrected chi connectivity index (χ2v) is 4.70. The average Bonchev–Trinajstić information content (AvgIpc) is 2.54. The molecule has 0 aliphatic carbocycles. The number of carbonyl (C=O) groups excluding carboxylic acids is 1. The number of pyridine rings is 1. The Morgan fingerprint density at radius 3 is 2.64 bits per heavy atom. The molecule has 0 aliphatic heterocycles. The van der Waals surface area contributed by atoms with Crippen LogP contribution in [0.5, 0.6) is 0 Å². The Bertz CT molecular complexity index is 637. The summed E-state index contributed by atoms with van der Waals surface area (Å²) in [5.74, 6) is -0.242. The number of ether oxygens (including phenoxy) is 1. The number of benzene rings is 1. The van der Waals surface area contributed by atoms with Gasteiger partial charge < -0.3 is 4.74 Å². The van der Waals surface area contributed by atoms with Crippen molar-refractivity contribution in [2.45, 2.75) is 20.4 Å². The normalized spacial score (nSPS) is 11.1. The molecule has 5 heteroatoms. The second kappa shape index (κ2) is 7.93. The molecule has 0 atom stereocenters. The van der Waals surface area contributed by atoms with Gasteiger partial charge in [-0.15, -0.1) is 0 Å². The van der Waals surface area contributed by atoms with Gasteiger partial charge in [0.1, 0.15) is 0 Å². The maximum atomic E-state index is 12.2. The maximum absolute atomic E-state index is 12.2. The molecule has 2 rings (SSSR count). The van der Waals surface area contributed by atoms with Gasteiger partial charge in [0.25, 0.3) is 11.9 Å². The van der Waals surface area contributed by atoms with Gasteiger partial charge in [-0.1, -0.05) is 23.8 Å². The highest BCUT2D eigenvalue weighted by atomic mass is 16.5. The van der Waals surface area contributed by atoms with Crippen LogP contribution in [0.3, 0.4) is 0 Å². The molecule has 1 N–H and O–H groups in total. The fourth-order valence-corrected chi connectivity index (χ4v) is 1.78. The Balaban J connectivity index is 2.04. The summed E-state index contributed by atoms with van der Waals surface area (Å²) in [7, 11) is 0. The van der Waals surface area contributed by atoms with Crippen molar-refractivity contribution in [3.05, 3.63) is 65.5 Å². The predicted molar refractivity (Wildman–Crippen MR) is 85.6 cm³/mol. The van der Waals surface area contributed by atoms with Gasteiger partial charge in [-0.3, -0.25) is 15.1 Å². The third-order valence-corrected chi connectivity index (χ3v) is 2.93. The Kier molecular flexibility index (Phi) is 5.65. The van der Waals surface area contributed by atoms with Crippen molar-refractivity contribution < 1.29 is 9.53 Å². The van der Waals surface area contributed by atoms with E-state index in [9.17, 15) is 4.79 Å². The van der Waals surface area contributed by atoms with Crippen molar-refractivity contribution in [2.75, 3.05) is 6.61 Å². The number of rotatable bonds is 4. The fourth-order valence-electron chi connectivity index (χ4n) is 1.78. The van der Waals surface area contributed by atoms with Crippen LogP contribution in [0.15, 0.2) is 53.7 Å². The molecule has 0 bridgehead atoms. The molecule has 5 nitrogen and oxygen atoms in total. The van der Waals surface area contributed by atoms with Gasteiger partial charge in [0.05, 0.1) is 18.8 Å². The largest absolute Gasteiger partial charge is 0.465 e. The number of hydrogen-bond acceptors (Lipinski definition) is 4. The van der Waals surface area contributed by atoms with Crippen molar-refractivity contribution >= 4 is 11.9 Å². The number of hydrogen-bond donors (Lipinski definition) is 1. The lowest BCUT2D eigenvalue weighted by atomic mass is 10.1. The van der Waals surface area contributed by atoms with Crippen molar-refractivity contribution in [3.8, 4) is 0 Å². The van der Waals surface area contributed by atoms with Gasteiger partial charge in [-0.05, 0) is 38.1 Å². The molecular weight excluding hydrogens is 278 g/mol. The molecule has 0 saturated heterocycles. The lowest BCUT2D eigenvalue weighted by molar-refractivity contribution is 0.0966. The summed E-state index contributed by atoms with van der Waals surface area (Å²) in [6.45, 7) is 4.59. The first-order chi connectivity index (χ1) is 10.7. The van der Waals surface area contributed by atoms with Crippen LogP contribution >= 0.6 is 0 Å². The molecule has 0 spiro atoms. The molecule has 2 aromatic rings. The molecule has 1 amide bonds. The summed E-state index contributed by atoms with van der Waals surface area (Å²) >= 11 is 0. The SMILES string of the molecule is CCOC(=NCc1ccccn1)NC(=O)c1ccc(C)cc1. The van der Waals surface area contributed by atoms with Crippen LogP contribution in [-0.4, -0.2) is 23.5 Å². The standard InChI is InChI=1S/C17H19N3O2/c1-3-22-17(19-12-15-6-4-5-11-18-15)20-16(21)14-9-7-13(2)8-10-14/h4-11H,3,12H2,1-2H3,(H,19,20,21). The van der Waals surface area contributed by atoms with Crippen LogP contribution < -0.4 is 5.32 Å². The highest BCUT2D eigenvalue weighted by molar-refractivity contribution is 6.04. The number of amidine groups is 1. The van der Waals surface area contributed by atoms with Crippen LogP contribution in [0.25, 0.3) is 0 Å². The summed E-state index contributed by atoms with van der Waals surface area (Å²) in [5, 5.41) is 2.68. The van der Waals surface area contributed by atoms with E-state index >= 15 is 0 Å². The molecule has 0 radical (unpaired) electrons. The van der Waals surface area contributed by atoms with E-state index in [1.54, 1.807) is 18.3 Å². The third kappa shape index (κ3) is 4.70. The number of aromatic nitrogens is 1. The minimum Gasteiger partial charge on any atom is -0.465 e. The number of amides is 1. The molecule has 0 fully saturated rings. The molecule has 0 saturated carbocycles. The van der Waals surface area contributed by atoms with E-state index in [2.05, 4.69) is 15.3 Å². The monoisotopic (exact) mass is 297 g/mol. The van der Waals surface area contributed by atoms with E-state index in [1.807, 2.05) is 44.2 Å². The van der Waals surface area contributed by atoms with E-state index < -0.39 is 0 Å². The van der Waals surface area contributed by atoms with Gasteiger partial charge in [0, 0.05) is 11.8 Å². The molecular formula is C17H19N3O2. The zero-order chi connectivity index (χ0) is 15.8. The summed E-state index contributed by atoms with van der Waals surface area (Å²) < 4.78 is 5.37. The minimum absolute atomic E-state index is 0.207. The Morgan fingerprint density at radius 2 is 2.00 bits per heavy atom. The van der Waals surface area contributed by atoms with Crippen LogP contribution in [0.1, 0.15) is 28.5 Å². The summed E-state index contributed by atoms with van der Waals surface area (Å²) in [6, 6.07) is 13.1. The fraction of sp³-hybridized carbons (Fsp3) is 0.235. The van der Waals surface area contributed by atoms with Crippen molar-refractivity contribution in [2.24, 2.45) is 4.99 Å².